The number of ether oxygens (including phenoxy) is 1. The number of hydrogen-bond donors (Lipinski definition) is 2. The van der Waals surface area contributed by atoms with Crippen LogP contribution in [0.4, 0.5) is 9.18 Å². The van der Waals surface area contributed by atoms with E-state index in [1.807, 2.05) is 32.9 Å². The summed E-state index contributed by atoms with van der Waals surface area (Å²) in [5.41, 5.74) is 2.29. The molecule has 8 heteroatoms. The number of carbonyl (C=O) groups excluding carboxylic acids is 3. The number of amides is 3. The van der Waals surface area contributed by atoms with Gasteiger partial charge in [0, 0.05) is 26.6 Å². The van der Waals surface area contributed by atoms with E-state index in [9.17, 15) is 18.8 Å². The molecule has 3 amide bonds. The zero-order valence-electron chi connectivity index (χ0n) is 20.1. The largest absolute Gasteiger partial charge is 0.380 e. The topological polar surface area (TPSA) is 87.7 Å². The Morgan fingerprint density at radius 3 is 2.38 bits per heavy atom. The molecule has 182 valence electrons. The predicted octanol–water partition coefficient (Wildman–Crippen LogP) is 3.26. The molecule has 0 aliphatic carbocycles. The van der Waals surface area contributed by atoms with Gasteiger partial charge >= 0.3 is 6.03 Å². The monoisotopic (exact) mass is 469 g/mol. The predicted molar refractivity (Wildman–Crippen MR) is 127 cm³/mol. The van der Waals surface area contributed by atoms with E-state index in [1.165, 1.54) is 11.0 Å². The molecule has 2 aromatic carbocycles. The molecule has 2 N–H and O–H groups in total. The number of Topliss-reactive ketones (excluding diaryl/α,β-unsaturated/α-hetero) is 1. The van der Waals surface area contributed by atoms with E-state index in [4.69, 9.17) is 4.74 Å². The highest BCUT2D eigenvalue weighted by Crippen LogP contribution is 2.26. The number of halogens is 1. The van der Waals surface area contributed by atoms with Gasteiger partial charge in [-0.2, -0.15) is 0 Å². The van der Waals surface area contributed by atoms with Crippen LogP contribution in [-0.2, 0) is 32.8 Å². The van der Waals surface area contributed by atoms with Gasteiger partial charge < -0.3 is 20.3 Å². The smallest absolute Gasteiger partial charge is 0.317 e. The number of rotatable bonds is 9. The van der Waals surface area contributed by atoms with Crippen molar-refractivity contribution in [3.8, 4) is 0 Å². The van der Waals surface area contributed by atoms with Crippen molar-refractivity contribution in [2.75, 3.05) is 26.7 Å². The third kappa shape index (κ3) is 6.41. The first kappa shape index (κ1) is 25.4. The quantitative estimate of drug-likeness (QED) is 0.590. The average molecular weight is 470 g/mol. The maximum Gasteiger partial charge on any atom is 0.317 e. The Labute approximate surface area is 199 Å². The molecule has 0 spiro atoms. The number of ketones is 1. The summed E-state index contributed by atoms with van der Waals surface area (Å²) in [7, 11) is 1.60. The van der Waals surface area contributed by atoms with Gasteiger partial charge in [-0.25, -0.2) is 9.18 Å². The van der Waals surface area contributed by atoms with Crippen molar-refractivity contribution in [1.29, 1.82) is 0 Å². The molecular formula is C26H32FN3O4. The lowest BCUT2D eigenvalue weighted by Crippen LogP contribution is -2.42. The summed E-state index contributed by atoms with van der Waals surface area (Å²) in [5, 5.41) is 5.41. The molecule has 1 aliphatic heterocycles. The lowest BCUT2D eigenvalue weighted by Gasteiger charge is -2.22. The Bertz CT molecular complexity index is 1050. The second-order valence-electron chi connectivity index (χ2n) is 9.54. The maximum absolute atomic E-state index is 14.7. The molecule has 0 radical (unpaired) electrons. The van der Waals surface area contributed by atoms with Crippen LogP contribution in [0.5, 0.6) is 0 Å². The van der Waals surface area contributed by atoms with Gasteiger partial charge in [0.25, 0.3) is 0 Å². The molecule has 1 fully saturated rings. The van der Waals surface area contributed by atoms with E-state index >= 15 is 0 Å². The average Bonchev–Trinajstić information content (AvgIpc) is 3.16. The number of nitrogens with zero attached hydrogens (tertiary/aromatic N) is 1. The van der Waals surface area contributed by atoms with Crippen molar-refractivity contribution >= 4 is 17.7 Å². The summed E-state index contributed by atoms with van der Waals surface area (Å²) in [4.78, 5) is 39.2. The third-order valence-electron chi connectivity index (χ3n) is 5.75. The zero-order valence-corrected chi connectivity index (χ0v) is 20.1. The van der Waals surface area contributed by atoms with E-state index in [0.717, 1.165) is 5.56 Å². The Hall–Kier alpha value is -3.26. The number of carbonyl (C=O) groups is 3. The van der Waals surface area contributed by atoms with Gasteiger partial charge in [0.2, 0.25) is 5.91 Å². The summed E-state index contributed by atoms with van der Waals surface area (Å²) in [6.07, 6.45) is -0.0453. The molecule has 1 aliphatic rings. The molecule has 0 bridgehead atoms. The molecule has 2 aromatic rings. The molecule has 34 heavy (non-hydrogen) atoms. The van der Waals surface area contributed by atoms with E-state index in [0.29, 0.717) is 36.4 Å². The first-order valence-corrected chi connectivity index (χ1v) is 11.3. The van der Waals surface area contributed by atoms with Crippen LogP contribution in [0.1, 0.15) is 49.1 Å². The fourth-order valence-corrected chi connectivity index (χ4v) is 3.94. The van der Waals surface area contributed by atoms with Gasteiger partial charge in [-0.3, -0.25) is 9.59 Å². The molecule has 0 aromatic heterocycles. The number of nitrogens with one attached hydrogen (secondary N) is 2. The fraction of sp³-hybridized carbons (Fsp3) is 0.423. The lowest BCUT2D eigenvalue weighted by molar-refractivity contribution is -0.128. The van der Waals surface area contributed by atoms with Crippen molar-refractivity contribution in [2.24, 2.45) is 0 Å². The van der Waals surface area contributed by atoms with Crippen molar-refractivity contribution in [3.05, 3.63) is 70.5 Å². The minimum absolute atomic E-state index is 0.0453. The highest BCUT2D eigenvalue weighted by Gasteiger charge is 2.27. The zero-order chi connectivity index (χ0) is 24.9. The number of methoxy groups -OCH3 is 1. The molecule has 1 saturated heterocycles. The highest BCUT2D eigenvalue weighted by atomic mass is 19.1. The Kier molecular flexibility index (Phi) is 8.04. The molecule has 3 rings (SSSR count). The van der Waals surface area contributed by atoms with E-state index in [1.54, 1.807) is 31.4 Å². The van der Waals surface area contributed by atoms with E-state index < -0.39 is 11.9 Å². The lowest BCUT2D eigenvalue weighted by atomic mass is 9.85. The van der Waals surface area contributed by atoms with Gasteiger partial charge in [0.15, 0.2) is 5.78 Å². The van der Waals surface area contributed by atoms with Crippen LogP contribution in [-0.4, -0.2) is 49.4 Å². The Balaban J connectivity index is 1.80. The van der Waals surface area contributed by atoms with Gasteiger partial charge in [0.05, 0.1) is 6.61 Å². The minimum atomic E-state index is -0.930. The van der Waals surface area contributed by atoms with Crippen LogP contribution < -0.4 is 10.6 Å². The molecule has 0 saturated carbocycles. The van der Waals surface area contributed by atoms with Crippen LogP contribution in [0.2, 0.25) is 0 Å². The Morgan fingerprint density at radius 2 is 1.82 bits per heavy atom. The van der Waals surface area contributed by atoms with Crippen LogP contribution in [0, 0.1) is 5.82 Å². The van der Waals surface area contributed by atoms with Crippen molar-refractivity contribution in [2.45, 2.75) is 45.3 Å². The first-order valence-electron chi connectivity index (χ1n) is 11.3. The highest BCUT2D eigenvalue weighted by molar-refractivity contribution is 5.93. The molecule has 1 atom stereocenters. The van der Waals surface area contributed by atoms with Gasteiger partial charge in [0.1, 0.15) is 18.4 Å². The summed E-state index contributed by atoms with van der Waals surface area (Å²) in [5.74, 6) is -1.07. The van der Waals surface area contributed by atoms with Crippen molar-refractivity contribution < 1.29 is 23.5 Å². The summed E-state index contributed by atoms with van der Waals surface area (Å²) in [6.45, 7) is 6.96. The molecule has 1 heterocycles. The Morgan fingerprint density at radius 1 is 1.15 bits per heavy atom. The van der Waals surface area contributed by atoms with Crippen LogP contribution in [0.25, 0.3) is 0 Å². The summed E-state index contributed by atoms with van der Waals surface area (Å²) >= 11 is 0. The van der Waals surface area contributed by atoms with Gasteiger partial charge in [-0.15, -0.1) is 0 Å². The minimum Gasteiger partial charge on any atom is -0.380 e. The number of benzene rings is 2. The third-order valence-corrected chi connectivity index (χ3v) is 5.75. The summed E-state index contributed by atoms with van der Waals surface area (Å²) in [6, 6.07) is 10.8. The number of hydrogen-bond acceptors (Lipinski definition) is 4. The molecule has 0 unspecified atom stereocenters. The second-order valence-corrected chi connectivity index (χ2v) is 9.54. The van der Waals surface area contributed by atoms with E-state index in [2.05, 4.69) is 10.6 Å². The molecule has 7 nitrogen and oxygen atoms in total. The van der Waals surface area contributed by atoms with Gasteiger partial charge in [-0.1, -0.05) is 57.2 Å². The van der Waals surface area contributed by atoms with Gasteiger partial charge in [-0.05, 0) is 33.7 Å². The SMILES string of the molecule is COCc1ccc([C@@H](NC(=O)CN2CCNC2=O)C(=O)Cc2ccc(C(C)(C)C)c(F)c2)cc1. The van der Waals surface area contributed by atoms with Crippen LogP contribution >= 0.6 is 0 Å². The normalized spacial score (nSPS) is 14.6. The summed E-state index contributed by atoms with van der Waals surface area (Å²) < 4.78 is 19.8. The first-order chi connectivity index (χ1) is 16.1. The number of urea groups is 1. The fourth-order valence-electron chi connectivity index (χ4n) is 3.94. The maximum atomic E-state index is 14.7. The van der Waals surface area contributed by atoms with Crippen molar-refractivity contribution in [3.63, 3.8) is 0 Å². The van der Waals surface area contributed by atoms with Crippen LogP contribution in [0.15, 0.2) is 42.5 Å². The van der Waals surface area contributed by atoms with Crippen LogP contribution in [0.3, 0.4) is 0 Å². The second kappa shape index (κ2) is 10.8. The van der Waals surface area contributed by atoms with E-state index in [-0.39, 0.29) is 36.0 Å². The standard InChI is InChI=1S/C26H32FN3O4/c1-26(2,3)20-10-7-18(13-21(20)27)14-22(31)24(19-8-5-17(6-9-19)16-34-4)29-23(32)15-30-12-11-28-25(30)33/h5-10,13,24H,11-12,14-16H2,1-4H3,(H,28,33)(H,29,32)/t24-/m1/s1. The van der Waals surface area contributed by atoms with Crippen molar-refractivity contribution in [1.82, 2.24) is 15.5 Å². The molecular weight excluding hydrogens is 437 g/mol.